The third-order valence-corrected chi connectivity index (χ3v) is 6.04. The van der Waals surface area contributed by atoms with Gasteiger partial charge in [-0.05, 0) is 69.6 Å². The molecule has 6 nitrogen and oxygen atoms in total. The molecule has 1 aliphatic carbocycles. The van der Waals surface area contributed by atoms with Crippen LogP contribution < -0.4 is 0 Å². The molecular weight excluding hydrogens is 373 g/mol. The number of carboxylic acid groups (broad SMARTS) is 1. The van der Waals surface area contributed by atoms with Gasteiger partial charge >= 0.3 is 5.97 Å². The lowest BCUT2D eigenvalue weighted by atomic mass is 9.97. The summed E-state index contributed by atoms with van der Waals surface area (Å²) in [6.45, 7) is 2.52. The van der Waals surface area contributed by atoms with Crippen molar-refractivity contribution in [3.63, 3.8) is 0 Å². The lowest BCUT2D eigenvalue weighted by Crippen LogP contribution is -2.44. The Hall–Kier alpha value is -2.70. The average molecular weight is 399 g/mol. The second-order valence-corrected chi connectivity index (χ2v) is 8.07. The SMILES string of the molecule is Cc1ccc(F)c(-n2nc(C(=O)N3CCCCC3CCC(=O)O)c3c2CCC3)c1. The van der Waals surface area contributed by atoms with Gasteiger partial charge in [0.1, 0.15) is 11.5 Å². The van der Waals surface area contributed by atoms with E-state index in [4.69, 9.17) is 5.11 Å². The fraction of sp³-hybridized carbons (Fsp3) is 0.500. The minimum absolute atomic E-state index is 0.0511. The van der Waals surface area contributed by atoms with Crippen molar-refractivity contribution in [1.29, 1.82) is 0 Å². The summed E-state index contributed by atoms with van der Waals surface area (Å²) in [5, 5.41) is 13.6. The first kappa shape index (κ1) is 19.6. The maximum atomic E-state index is 14.5. The molecular formula is C22H26FN3O3. The molecule has 2 aromatic rings. The summed E-state index contributed by atoms with van der Waals surface area (Å²) in [5.74, 6) is -1.35. The summed E-state index contributed by atoms with van der Waals surface area (Å²) in [6, 6.07) is 4.83. The number of aliphatic carboxylic acids is 1. The van der Waals surface area contributed by atoms with Crippen LogP contribution in [0.25, 0.3) is 5.69 Å². The molecule has 1 aromatic heterocycles. The van der Waals surface area contributed by atoms with Crippen LogP contribution in [0.4, 0.5) is 4.39 Å². The van der Waals surface area contributed by atoms with Gasteiger partial charge in [-0.2, -0.15) is 5.10 Å². The van der Waals surface area contributed by atoms with E-state index in [-0.39, 0.29) is 24.2 Å². The highest BCUT2D eigenvalue weighted by molar-refractivity contribution is 5.94. The van der Waals surface area contributed by atoms with Crippen LogP contribution in [-0.2, 0) is 17.6 Å². The molecule has 1 fully saturated rings. The summed E-state index contributed by atoms with van der Waals surface area (Å²) in [5.41, 5.74) is 3.54. The van der Waals surface area contributed by atoms with Crippen LogP contribution in [0.1, 0.15) is 65.8 Å². The van der Waals surface area contributed by atoms with E-state index in [0.29, 0.717) is 24.3 Å². The zero-order valence-corrected chi connectivity index (χ0v) is 16.7. The molecule has 0 radical (unpaired) electrons. The summed E-state index contributed by atoms with van der Waals surface area (Å²) in [4.78, 5) is 26.2. The molecule has 1 N–H and O–H groups in total. The van der Waals surface area contributed by atoms with Gasteiger partial charge in [-0.25, -0.2) is 9.07 Å². The molecule has 1 amide bonds. The average Bonchev–Trinajstić information content (AvgIpc) is 3.31. The fourth-order valence-corrected chi connectivity index (χ4v) is 4.59. The predicted octanol–water partition coefficient (Wildman–Crippen LogP) is 3.67. The summed E-state index contributed by atoms with van der Waals surface area (Å²) in [6.07, 6.45) is 5.67. The molecule has 7 heteroatoms. The molecule has 29 heavy (non-hydrogen) atoms. The highest BCUT2D eigenvalue weighted by Crippen LogP contribution is 2.31. The minimum Gasteiger partial charge on any atom is -0.481 e. The van der Waals surface area contributed by atoms with Crippen molar-refractivity contribution >= 4 is 11.9 Å². The minimum atomic E-state index is -0.844. The number of carbonyl (C=O) groups is 2. The molecule has 0 spiro atoms. The number of nitrogens with zero attached hydrogens (tertiary/aromatic N) is 3. The number of carboxylic acids is 1. The van der Waals surface area contributed by atoms with E-state index in [9.17, 15) is 14.0 Å². The number of aryl methyl sites for hydroxylation is 1. The van der Waals surface area contributed by atoms with Crippen LogP contribution in [0.15, 0.2) is 18.2 Å². The smallest absolute Gasteiger partial charge is 0.303 e. The lowest BCUT2D eigenvalue weighted by Gasteiger charge is -2.35. The van der Waals surface area contributed by atoms with Crippen molar-refractivity contribution in [2.45, 2.75) is 64.3 Å². The van der Waals surface area contributed by atoms with E-state index in [1.54, 1.807) is 21.7 Å². The van der Waals surface area contributed by atoms with Crippen LogP contribution >= 0.6 is 0 Å². The van der Waals surface area contributed by atoms with E-state index < -0.39 is 5.97 Å². The van der Waals surface area contributed by atoms with Crippen molar-refractivity contribution < 1.29 is 19.1 Å². The standard InChI is InChI=1S/C22H26FN3O3/c1-14-8-10-17(23)19(13-14)26-18-7-4-6-16(18)21(24-26)22(29)25-12-3-2-5-15(25)9-11-20(27)28/h8,10,13,15H,2-7,9,11-12H2,1H3,(H,27,28). The maximum Gasteiger partial charge on any atom is 0.303 e. The molecule has 2 aliphatic rings. The van der Waals surface area contributed by atoms with E-state index in [2.05, 4.69) is 5.10 Å². The van der Waals surface area contributed by atoms with Gasteiger partial charge in [0, 0.05) is 30.3 Å². The normalized spacial score (nSPS) is 18.7. The Balaban J connectivity index is 1.69. The van der Waals surface area contributed by atoms with Crippen LogP contribution in [0.3, 0.4) is 0 Å². The number of hydrogen-bond acceptors (Lipinski definition) is 3. The van der Waals surface area contributed by atoms with Crippen molar-refractivity contribution in [2.75, 3.05) is 6.54 Å². The molecule has 1 unspecified atom stereocenters. The summed E-state index contributed by atoms with van der Waals surface area (Å²) in [7, 11) is 0. The lowest BCUT2D eigenvalue weighted by molar-refractivity contribution is -0.137. The number of piperidine rings is 1. The Morgan fingerprint density at radius 1 is 1.24 bits per heavy atom. The van der Waals surface area contributed by atoms with Gasteiger partial charge in [0.05, 0.1) is 0 Å². The Morgan fingerprint density at radius 2 is 2.07 bits per heavy atom. The number of halogens is 1. The van der Waals surface area contributed by atoms with Crippen LogP contribution in [-0.4, -0.2) is 44.3 Å². The molecule has 2 heterocycles. The van der Waals surface area contributed by atoms with E-state index in [1.807, 2.05) is 6.92 Å². The molecule has 154 valence electrons. The Kier molecular flexibility index (Phi) is 5.39. The van der Waals surface area contributed by atoms with Crippen molar-refractivity contribution in [1.82, 2.24) is 14.7 Å². The van der Waals surface area contributed by atoms with E-state index in [1.165, 1.54) is 6.07 Å². The number of likely N-dealkylation sites (tertiary alicyclic amines) is 1. The van der Waals surface area contributed by atoms with Gasteiger partial charge in [0.25, 0.3) is 5.91 Å². The summed E-state index contributed by atoms with van der Waals surface area (Å²) >= 11 is 0. The second-order valence-electron chi connectivity index (χ2n) is 8.07. The first-order chi connectivity index (χ1) is 14.0. The third kappa shape index (κ3) is 3.78. The van der Waals surface area contributed by atoms with Crippen molar-refractivity contribution in [2.24, 2.45) is 0 Å². The number of amides is 1. The second kappa shape index (κ2) is 7.97. The van der Waals surface area contributed by atoms with Gasteiger partial charge in [0.15, 0.2) is 5.69 Å². The Labute approximate surface area is 169 Å². The number of rotatable bonds is 5. The highest BCUT2D eigenvalue weighted by Gasteiger charge is 2.34. The largest absolute Gasteiger partial charge is 0.481 e. The molecule has 1 atom stereocenters. The monoisotopic (exact) mass is 399 g/mol. The van der Waals surface area contributed by atoms with E-state index in [0.717, 1.165) is 55.3 Å². The van der Waals surface area contributed by atoms with Crippen LogP contribution in [0.5, 0.6) is 0 Å². The van der Waals surface area contributed by atoms with Gasteiger partial charge in [-0.1, -0.05) is 6.07 Å². The van der Waals surface area contributed by atoms with Crippen LogP contribution in [0.2, 0.25) is 0 Å². The Morgan fingerprint density at radius 3 is 2.86 bits per heavy atom. The van der Waals surface area contributed by atoms with Gasteiger partial charge in [-0.15, -0.1) is 0 Å². The third-order valence-electron chi connectivity index (χ3n) is 6.04. The number of hydrogen-bond donors (Lipinski definition) is 1. The Bertz CT molecular complexity index is 953. The predicted molar refractivity (Wildman–Crippen MR) is 106 cm³/mol. The number of benzene rings is 1. The van der Waals surface area contributed by atoms with Crippen LogP contribution in [0, 0.1) is 12.7 Å². The molecule has 1 saturated heterocycles. The zero-order chi connectivity index (χ0) is 20.5. The maximum absolute atomic E-state index is 14.5. The highest BCUT2D eigenvalue weighted by atomic mass is 19.1. The summed E-state index contributed by atoms with van der Waals surface area (Å²) < 4.78 is 16.1. The van der Waals surface area contributed by atoms with Crippen molar-refractivity contribution in [3.05, 3.63) is 46.5 Å². The first-order valence-corrected chi connectivity index (χ1v) is 10.4. The van der Waals surface area contributed by atoms with Crippen molar-refractivity contribution in [3.8, 4) is 5.69 Å². The number of aromatic nitrogens is 2. The molecule has 0 bridgehead atoms. The zero-order valence-electron chi connectivity index (χ0n) is 16.7. The number of carbonyl (C=O) groups excluding carboxylic acids is 1. The van der Waals surface area contributed by atoms with Gasteiger partial charge in [-0.3, -0.25) is 9.59 Å². The fourth-order valence-electron chi connectivity index (χ4n) is 4.59. The van der Waals surface area contributed by atoms with Gasteiger partial charge in [0.2, 0.25) is 0 Å². The molecule has 4 rings (SSSR count). The van der Waals surface area contributed by atoms with E-state index >= 15 is 0 Å². The molecule has 1 aromatic carbocycles. The molecule has 1 aliphatic heterocycles. The topological polar surface area (TPSA) is 75.4 Å². The number of fused-ring (bicyclic) bond motifs is 1. The van der Waals surface area contributed by atoms with Gasteiger partial charge < -0.3 is 10.0 Å². The quantitative estimate of drug-likeness (QED) is 0.832. The first-order valence-electron chi connectivity index (χ1n) is 10.4. The molecule has 0 saturated carbocycles.